The normalized spacial score (nSPS) is 18.0. The van der Waals surface area contributed by atoms with E-state index < -0.39 is 39.4 Å². The Morgan fingerprint density at radius 1 is 0.956 bits per heavy atom. The summed E-state index contributed by atoms with van der Waals surface area (Å²) in [4.78, 5) is 25.6. The van der Waals surface area contributed by atoms with Crippen molar-refractivity contribution < 1.29 is 27.5 Å². The van der Waals surface area contributed by atoms with Crippen LogP contribution in [0.3, 0.4) is 0 Å². The number of Topliss-reactive ketones (excluding diaryl/α,β-unsaturated/α-hetero) is 1. The minimum Gasteiger partial charge on any atom is -0.469 e. The summed E-state index contributed by atoms with van der Waals surface area (Å²) in [5, 5.41) is 0.551. The predicted octanol–water partition coefficient (Wildman–Crippen LogP) is 7.13. The first-order valence-corrected chi connectivity index (χ1v) is 16.9. The highest BCUT2D eigenvalue weighted by atomic mass is 35.5. The lowest BCUT2D eigenvalue weighted by Crippen LogP contribution is -2.45. The third kappa shape index (κ3) is 8.50. The number of ketones is 1. The zero-order valence-electron chi connectivity index (χ0n) is 26.5. The van der Waals surface area contributed by atoms with Crippen molar-refractivity contribution in [2.45, 2.75) is 63.9 Å². The van der Waals surface area contributed by atoms with Crippen molar-refractivity contribution >= 4 is 33.4 Å². The molecule has 1 unspecified atom stereocenters. The number of hydrogen-bond acceptors (Lipinski definition) is 6. The third-order valence-electron chi connectivity index (χ3n) is 8.10. The zero-order valence-corrected chi connectivity index (χ0v) is 28.1. The molecule has 4 rings (SSSR count). The Labute approximate surface area is 272 Å². The molecule has 0 saturated heterocycles. The van der Waals surface area contributed by atoms with Gasteiger partial charge in [-0.15, -0.1) is 0 Å². The van der Waals surface area contributed by atoms with Gasteiger partial charge in [0.1, 0.15) is 5.78 Å². The number of halogens is 1. The third-order valence-corrected chi connectivity index (χ3v) is 10.4. The van der Waals surface area contributed by atoms with E-state index in [1.165, 1.54) is 7.11 Å². The maximum Gasteiger partial charge on any atom is 0.309 e. The molecular weight excluding hydrogens is 610 g/mol. The SMILES string of the molecule is COC(=O)[C@@H](CC(=O)CCOCC1=C[C@@H](C(C)(C)C)N(S(=O)(=O)c2ccccc2C)C1c1ccc(Cl)cc1)Cc1ccccc1. The molecule has 240 valence electrons. The summed E-state index contributed by atoms with van der Waals surface area (Å²) >= 11 is 6.21. The number of hydrogen-bond donors (Lipinski definition) is 0. The summed E-state index contributed by atoms with van der Waals surface area (Å²) in [7, 11) is -2.61. The maximum atomic E-state index is 14.4. The molecule has 9 heteroatoms. The van der Waals surface area contributed by atoms with Gasteiger partial charge in [0.25, 0.3) is 0 Å². The van der Waals surface area contributed by atoms with Crippen molar-refractivity contribution in [3.63, 3.8) is 0 Å². The number of nitrogens with zero attached hydrogens (tertiary/aromatic N) is 1. The standard InChI is InChI=1S/C36H42ClNO6S/c1-25-11-9-10-14-32(25)45(41,42)38-33(36(2,3)4)23-29(34(38)27-15-17-30(37)18-16-27)24-44-20-19-31(39)22-28(35(40)43-5)21-26-12-7-6-8-13-26/h6-18,23,28,33-34H,19-22,24H2,1-5H3/t28-,33+,34?/m1/s1. The van der Waals surface area contributed by atoms with E-state index in [0.29, 0.717) is 17.0 Å². The number of benzene rings is 3. The molecule has 0 fully saturated rings. The van der Waals surface area contributed by atoms with Crippen molar-refractivity contribution in [3.05, 3.63) is 112 Å². The fraction of sp³-hybridized carbons (Fsp3) is 0.389. The van der Waals surface area contributed by atoms with Gasteiger partial charge in [0.2, 0.25) is 10.0 Å². The Bertz CT molecular complexity index is 1610. The van der Waals surface area contributed by atoms with Crippen molar-refractivity contribution in [2.75, 3.05) is 20.3 Å². The van der Waals surface area contributed by atoms with Crippen LogP contribution in [0.25, 0.3) is 0 Å². The van der Waals surface area contributed by atoms with Crippen molar-refractivity contribution in [2.24, 2.45) is 11.3 Å². The van der Waals surface area contributed by atoms with Crippen LogP contribution in [-0.4, -0.2) is 50.8 Å². The van der Waals surface area contributed by atoms with Crippen LogP contribution in [0.15, 0.2) is 95.4 Å². The van der Waals surface area contributed by atoms with Gasteiger partial charge >= 0.3 is 5.97 Å². The van der Waals surface area contributed by atoms with E-state index >= 15 is 0 Å². The molecule has 1 aliphatic heterocycles. The molecule has 3 aromatic rings. The number of aryl methyl sites for hydroxylation is 1. The molecule has 7 nitrogen and oxygen atoms in total. The molecule has 1 heterocycles. The average molecular weight is 652 g/mol. The van der Waals surface area contributed by atoms with Gasteiger partial charge in [-0.1, -0.05) is 99.1 Å². The molecule has 0 saturated carbocycles. The number of esters is 1. The summed E-state index contributed by atoms with van der Waals surface area (Å²) < 4.78 is 41.4. The lowest BCUT2D eigenvalue weighted by Gasteiger charge is -2.37. The summed E-state index contributed by atoms with van der Waals surface area (Å²) in [5.74, 6) is -1.10. The van der Waals surface area contributed by atoms with Gasteiger partial charge in [-0.2, -0.15) is 4.31 Å². The topological polar surface area (TPSA) is 90.0 Å². The average Bonchev–Trinajstić information content (AvgIpc) is 3.41. The van der Waals surface area contributed by atoms with Gasteiger partial charge in [0, 0.05) is 23.9 Å². The van der Waals surface area contributed by atoms with E-state index in [4.69, 9.17) is 21.1 Å². The van der Waals surface area contributed by atoms with E-state index in [2.05, 4.69) is 0 Å². The summed E-state index contributed by atoms with van der Waals surface area (Å²) in [6.07, 6.45) is 2.57. The molecule has 0 bridgehead atoms. The first-order chi connectivity index (χ1) is 21.3. The number of carbonyl (C=O) groups excluding carboxylic acids is 2. The fourth-order valence-electron chi connectivity index (χ4n) is 5.76. The van der Waals surface area contributed by atoms with Gasteiger partial charge in [-0.05, 0) is 59.2 Å². The highest BCUT2D eigenvalue weighted by Crippen LogP contribution is 2.46. The molecule has 0 aliphatic carbocycles. The summed E-state index contributed by atoms with van der Waals surface area (Å²) in [6, 6.07) is 22.6. The largest absolute Gasteiger partial charge is 0.469 e. The van der Waals surface area contributed by atoms with Gasteiger partial charge in [0.15, 0.2) is 0 Å². The van der Waals surface area contributed by atoms with Gasteiger partial charge in [0.05, 0.1) is 37.2 Å². The van der Waals surface area contributed by atoms with E-state index in [1.54, 1.807) is 41.6 Å². The van der Waals surface area contributed by atoms with Crippen LogP contribution in [0.4, 0.5) is 0 Å². The Morgan fingerprint density at radius 3 is 2.22 bits per heavy atom. The van der Waals surface area contributed by atoms with Crippen molar-refractivity contribution in [1.82, 2.24) is 4.31 Å². The summed E-state index contributed by atoms with van der Waals surface area (Å²) in [5.41, 5.74) is 2.76. The maximum absolute atomic E-state index is 14.4. The van der Waals surface area contributed by atoms with E-state index in [1.807, 2.05) is 75.4 Å². The molecule has 0 spiro atoms. The monoisotopic (exact) mass is 651 g/mol. The second-order valence-corrected chi connectivity index (χ2v) is 14.8. The minimum atomic E-state index is -3.94. The first-order valence-electron chi connectivity index (χ1n) is 15.1. The van der Waals surface area contributed by atoms with Crippen LogP contribution < -0.4 is 0 Å². The highest BCUT2D eigenvalue weighted by molar-refractivity contribution is 7.89. The van der Waals surface area contributed by atoms with Gasteiger partial charge in [-0.25, -0.2) is 8.42 Å². The van der Waals surface area contributed by atoms with E-state index in [9.17, 15) is 18.0 Å². The van der Waals surface area contributed by atoms with Crippen LogP contribution in [0, 0.1) is 18.3 Å². The molecule has 3 aromatic carbocycles. The molecular formula is C36H42ClNO6S. The number of rotatable bonds is 13. The summed E-state index contributed by atoms with van der Waals surface area (Å²) in [6.45, 7) is 8.12. The molecule has 0 radical (unpaired) electrons. The van der Waals surface area contributed by atoms with Crippen molar-refractivity contribution in [1.29, 1.82) is 0 Å². The van der Waals surface area contributed by atoms with Crippen LogP contribution >= 0.6 is 11.6 Å². The van der Waals surface area contributed by atoms with Crippen LogP contribution in [0.1, 0.15) is 56.3 Å². The minimum absolute atomic E-state index is 0.0512. The zero-order chi connectivity index (χ0) is 32.8. The molecule has 0 aromatic heterocycles. The number of sulfonamides is 1. The Morgan fingerprint density at radius 2 is 1.60 bits per heavy atom. The van der Waals surface area contributed by atoms with Crippen LogP contribution in [0.2, 0.25) is 5.02 Å². The molecule has 0 amide bonds. The quantitative estimate of drug-likeness (QED) is 0.111. The lowest BCUT2D eigenvalue weighted by molar-refractivity contribution is -0.147. The molecule has 1 aliphatic rings. The predicted molar refractivity (Wildman–Crippen MR) is 176 cm³/mol. The van der Waals surface area contributed by atoms with Gasteiger partial charge < -0.3 is 9.47 Å². The Kier molecular flexibility index (Phi) is 11.4. The second-order valence-electron chi connectivity index (χ2n) is 12.6. The molecule has 3 atom stereocenters. The number of methoxy groups -OCH3 is 1. The van der Waals surface area contributed by atoms with E-state index in [0.717, 1.165) is 16.7 Å². The molecule has 45 heavy (non-hydrogen) atoms. The van der Waals surface area contributed by atoms with Crippen LogP contribution in [-0.2, 0) is 35.5 Å². The molecule has 0 N–H and O–H groups in total. The Hall–Kier alpha value is -3.30. The smallest absolute Gasteiger partial charge is 0.309 e. The fourth-order valence-corrected chi connectivity index (χ4v) is 8.05. The van der Waals surface area contributed by atoms with Gasteiger partial charge in [-0.3, -0.25) is 9.59 Å². The lowest BCUT2D eigenvalue weighted by atomic mass is 9.87. The Balaban J connectivity index is 1.53. The second kappa shape index (κ2) is 14.9. The highest BCUT2D eigenvalue weighted by Gasteiger charge is 2.48. The first kappa shape index (κ1) is 34.6. The number of carbonyl (C=O) groups is 2. The van der Waals surface area contributed by atoms with Crippen LogP contribution in [0.5, 0.6) is 0 Å². The van der Waals surface area contributed by atoms with E-state index in [-0.39, 0.29) is 36.7 Å². The number of ether oxygens (including phenoxy) is 2. The van der Waals surface area contributed by atoms with Crippen molar-refractivity contribution in [3.8, 4) is 0 Å².